The van der Waals surface area contributed by atoms with E-state index in [0.29, 0.717) is 0 Å². The average molecular weight is 296 g/mol. The molecule has 0 aromatic heterocycles. The third-order valence-corrected chi connectivity index (χ3v) is 3.23. The van der Waals surface area contributed by atoms with E-state index in [4.69, 9.17) is 0 Å². The molecule has 0 unspecified atom stereocenters. The van der Waals surface area contributed by atoms with Crippen LogP contribution in [0, 0.1) is 15.9 Å². The minimum atomic E-state index is -0.920. The minimum absolute atomic E-state index is 0.215. The van der Waals surface area contributed by atoms with Gasteiger partial charge in [0, 0.05) is 24.8 Å². The Morgan fingerprint density at radius 2 is 2.24 bits per heavy atom. The van der Waals surface area contributed by atoms with Crippen LogP contribution < -0.4 is 10.6 Å². The SMILES string of the molecule is O=C(CN1CCCNCC1)Nc1ccc(F)c([N+](=O)[O-])c1. The van der Waals surface area contributed by atoms with Crippen molar-refractivity contribution in [2.24, 2.45) is 0 Å². The highest BCUT2D eigenvalue weighted by Crippen LogP contribution is 2.21. The first-order valence-corrected chi connectivity index (χ1v) is 6.73. The van der Waals surface area contributed by atoms with E-state index in [0.717, 1.165) is 44.7 Å². The van der Waals surface area contributed by atoms with Gasteiger partial charge in [-0.1, -0.05) is 0 Å². The normalized spacial score (nSPS) is 16.2. The number of hydrogen-bond acceptors (Lipinski definition) is 5. The molecule has 0 radical (unpaired) electrons. The Hall–Kier alpha value is -2.06. The second-order valence-corrected chi connectivity index (χ2v) is 4.85. The topological polar surface area (TPSA) is 87.5 Å². The van der Waals surface area contributed by atoms with Crippen LogP contribution in [0.1, 0.15) is 6.42 Å². The Bertz CT molecular complexity index is 530. The summed E-state index contributed by atoms with van der Waals surface area (Å²) >= 11 is 0. The van der Waals surface area contributed by atoms with Crippen molar-refractivity contribution in [1.29, 1.82) is 0 Å². The number of anilines is 1. The highest BCUT2D eigenvalue weighted by atomic mass is 19.1. The predicted octanol–water partition coefficient (Wildman–Crippen LogP) is 0.968. The Kier molecular flexibility index (Phi) is 5.18. The number of nitrogens with zero attached hydrogens (tertiary/aromatic N) is 2. The summed E-state index contributed by atoms with van der Waals surface area (Å²) in [5, 5.41) is 16.4. The van der Waals surface area contributed by atoms with E-state index in [2.05, 4.69) is 10.6 Å². The van der Waals surface area contributed by atoms with E-state index < -0.39 is 16.4 Å². The van der Waals surface area contributed by atoms with E-state index in [1.54, 1.807) is 0 Å². The molecule has 0 aliphatic carbocycles. The summed E-state index contributed by atoms with van der Waals surface area (Å²) in [7, 11) is 0. The van der Waals surface area contributed by atoms with Crippen molar-refractivity contribution in [3.63, 3.8) is 0 Å². The molecule has 1 aromatic carbocycles. The van der Waals surface area contributed by atoms with Crippen LogP contribution in [0.2, 0.25) is 0 Å². The summed E-state index contributed by atoms with van der Waals surface area (Å²) in [6.45, 7) is 3.57. The molecule has 7 nitrogen and oxygen atoms in total. The fourth-order valence-electron chi connectivity index (χ4n) is 2.19. The Balaban J connectivity index is 1.95. The highest BCUT2D eigenvalue weighted by Gasteiger charge is 2.17. The number of benzene rings is 1. The molecule has 1 aliphatic heterocycles. The molecule has 2 rings (SSSR count). The zero-order chi connectivity index (χ0) is 15.2. The first-order valence-electron chi connectivity index (χ1n) is 6.73. The van der Waals surface area contributed by atoms with E-state index in [1.807, 2.05) is 4.90 Å². The molecule has 2 N–H and O–H groups in total. The zero-order valence-corrected chi connectivity index (χ0v) is 11.5. The molecule has 21 heavy (non-hydrogen) atoms. The van der Waals surface area contributed by atoms with Crippen molar-refractivity contribution in [2.75, 3.05) is 38.0 Å². The van der Waals surface area contributed by atoms with Crippen LogP contribution in [0.25, 0.3) is 0 Å². The van der Waals surface area contributed by atoms with Crippen molar-refractivity contribution in [3.8, 4) is 0 Å². The van der Waals surface area contributed by atoms with Crippen LogP contribution in [-0.4, -0.2) is 48.5 Å². The van der Waals surface area contributed by atoms with Gasteiger partial charge in [0.1, 0.15) is 0 Å². The molecule has 8 heteroatoms. The summed E-state index contributed by atoms with van der Waals surface area (Å²) in [5.74, 6) is -1.19. The second kappa shape index (κ2) is 7.09. The molecule has 1 aromatic rings. The van der Waals surface area contributed by atoms with Crippen molar-refractivity contribution in [3.05, 3.63) is 34.1 Å². The van der Waals surface area contributed by atoms with Crippen molar-refractivity contribution in [1.82, 2.24) is 10.2 Å². The smallest absolute Gasteiger partial charge is 0.306 e. The van der Waals surface area contributed by atoms with Gasteiger partial charge in [0.15, 0.2) is 0 Å². The molecule has 0 saturated carbocycles. The minimum Gasteiger partial charge on any atom is -0.325 e. The Morgan fingerprint density at radius 3 is 3.00 bits per heavy atom. The third kappa shape index (κ3) is 4.47. The Labute approximate surface area is 121 Å². The van der Waals surface area contributed by atoms with Gasteiger partial charge in [-0.2, -0.15) is 4.39 Å². The third-order valence-electron chi connectivity index (χ3n) is 3.23. The molecule has 114 valence electrons. The maximum Gasteiger partial charge on any atom is 0.306 e. The lowest BCUT2D eigenvalue weighted by molar-refractivity contribution is -0.387. The number of carbonyl (C=O) groups is 1. The molecule has 1 fully saturated rings. The number of nitro groups is 1. The quantitative estimate of drug-likeness (QED) is 0.638. The molecule has 0 spiro atoms. The van der Waals surface area contributed by atoms with Crippen LogP contribution in [0.15, 0.2) is 18.2 Å². The fraction of sp³-hybridized carbons (Fsp3) is 0.462. The Morgan fingerprint density at radius 1 is 1.43 bits per heavy atom. The molecule has 1 amide bonds. The molecule has 0 bridgehead atoms. The summed E-state index contributed by atoms with van der Waals surface area (Å²) in [6, 6.07) is 3.31. The van der Waals surface area contributed by atoms with Gasteiger partial charge in [0.2, 0.25) is 11.7 Å². The number of carbonyl (C=O) groups excluding carboxylic acids is 1. The summed E-state index contributed by atoms with van der Waals surface area (Å²) < 4.78 is 13.2. The fourth-order valence-corrected chi connectivity index (χ4v) is 2.19. The van der Waals surface area contributed by atoms with E-state index >= 15 is 0 Å². The molecular formula is C13H17FN4O3. The van der Waals surface area contributed by atoms with Crippen LogP contribution in [-0.2, 0) is 4.79 Å². The lowest BCUT2D eigenvalue weighted by Crippen LogP contribution is -2.35. The molecule has 1 aliphatic rings. The number of hydrogen-bond donors (Lipinski definition) is 2. The van der Waals surface area contributed by atoms with Crippen LogP contribution in [0.3, 0.4) is 0 Å². The van der Waals surface area contributed by atoms with Crippen molar-refractivity contribution < 1.29 is 14.1 Å². The first-order chi connectivity index (χ1) is 10.1. The lowest BCUT2D eigenvalue weighted by atomic mass is 10.2. The van der Waals surface area contributed by atoms with Gasteiger partial charge in [-0.15, -0.1) is 0 Å². The molecule has 1 saturated heterocycles. The number of nitro benzene ring substituents is 1. The number of amides is 1. The molecule has 1 heterocycles. The largest absolute Gasteiger partial charge is 0.325 e. The average Bonchev–Trinajstić information content (AvgIpc) is 2.69. The van der Waals surface area contributed by atoms with Gasteiger partial charge in [-0.05, 0) is 31.6 Å². The van der Waals surface area contributed by atoms with E-state index in [1.165, 1.54) is 6.07 Å². The van der Waals surface area contributed by atoms with Gasteiger partial charge in [-0.25, -0.2) is 0 Å². The van der Waals surface area contributed by atoms with Gasteiger partial charge in [0.05, 0.1) is 11.5 Å². The predicted molar refractivity (Wildman–Crippen MR) is 75.6 cm³/mol. The zero-order valence-electron chi connectivity index (χ0n) is 11.5. The van der Waals surface area contributed by atoms with Crippen LogP contribution in [0.5, 0.6) is 0 Å². The van der Waals surface area contributed by atoms with Crippen molar-refractivity contribution in [2.45, 2.75) is 6.42 Å². The maximum atomic E-state index is 13.2. The maximum absolute atomic E-state index is 13.2. The van der Waals surface area contributed by atoms with Gasteiger partial charge in [-0.3, -0.25) is 19.8 Å². The van der Waals surface area contributed by atoms with E-state index in [-0.39, 0.29) is 18.1 Å². The standard InChI is InChI=1S/C13H17FN4O3/c14-11-3-2-10(8-12(11)18(20)21)16-13(19)9-17-6-1-4-15-5-7-17/h2-3,8,15H,1,4-7,9H2,(H,16,19). The van der Waals surface area contributed by atoms with E-state index in [9.17, 15) is 19.3 Å². The lowest BCUT2D eigenvalue weighted by Gasteiger charge is -2.18. The second-order valence-electron chi connectivity index (χ2n) is 4.85. The molecule has 0 atom stereocenters. The summed E-state index contributed by atoms with van der Waals surface area (Å²) in [4.78, 5) is 23.8. The number of nitrogens with one attached hydrogen (secondary N) is 2. The van der Waals surface area contributed by atoms with Crippen molar-refractivity contribution >= 4 is 17.3 Å². The van der Waals surface area contributed by atoms with Crippen LogP contribution >= 0.6 is 0 Å². The summed E-state index contributed by atoms with van der Waals surface area (Å²) in [5.41, 5.74) is -0.423. The number of halogens is 1. The summed E-state index contributed by atoms with van der Waals surface area (Å²) in [6.07, 6.45) is 0.968. The van der Waals surface area contributed by atoms with Gasteiger partial charge in [0.25, 0.3) is 0 Å². The van der Waals surface area contributed by atoms with Crippen LogP contribution in [0.4, 0.5) is 15.8 Å². The first kappa shape index (κ1) is 15.3. The molecular weight excluding hydrogens is 279 g/mol. The van der Waals surface area contributed by atoms with Gasteiger partial charge >= 0.3 is 5.69 Å². The van der Waals surface area contributed by atoms with Gasteiger partial charge < -0.3 is 10.6 Å². The number of rotatable bonds is 4. The monoisotopic (exact) mass is 296 g/mol. The highest BCUT2D eigenvalue weighted by molar-refractivity contribution is 5.92.